The number of rotatable bonds is 2. The number of nitrogens with zero attached hydrogens (tertiary/aromatic N) is 3. The van der Waals surface area contributed by atoms with Gasteiger partial charge in [-0.15, -0.1) is 0 Å². The molecule has 0 atom stereocenters. The first-order valence-electron chi connectivity index (χ1n) is 5.90. The molecule has 1 heterocycles. The number of anilines is 1. The zero-order chi connectivity index (χ0) is 12.5. The van der Waals surface area contributed by atoms with E-state index >= 15 is 0 Å². The van der Waals surface area contributed by atoms with Gasteiger partial charge in [0.15, 0.2) is 11.0 Å². The van der Waals surface area contributed by atoms with Crippen LogP contribution < -0.4 is 5.32 Å². The first-order chi connectivity index (χ1) is 8.76. The standard InChI is InChI=1S/C13H11ClN4/c14-12-13(16-9-2-1-3-9)18-10-5-4-8(7-15)6-11(10)17-12/h4-6,9H,1-3H2,(H,16,18). The van der Waals surface area contributed by atoms with Crippen LogP contribution in [0.3, 0.4) is 0 Å². The van der Waals surface area contributed by atoms with E-state index in [1.807, 2.05) is 0 Å². The third kappa shape index (κ3) is 1.98. The van der Waals surface area contributed by atoms with Crippen molar-refractivity contribution in [3.63, 3.8) is 0 Å². The number of nitrogens with one attached hydrogen (secondary N) is 1. The van der Waals surface area contributed by atoms with Gasteiger partial charge in [0.05, 0.1) is 22.7 Å². The Kier molecular flexibility index (Phi) is 2.77. The minimum atomic E-state index is 0.365. The minimum Gasteiger partial charge on any atom is -0.365 e. The molecule has 5 heteroatoms. The number of hydrogen-bond donors (Lipinski definition) is 1. The summed E-state index contributed by atoms with van der Waals surface area (Å²) in [5.41, 5.74) is 1.96. The van der Waals surface area contributed by atoms with Crippen LogP contribution in [0.1, 0.15) is 24.8 Å². The smallest absolute Gasteiger partial charge is 0.172 e. The van der Waals surface area contributed by atoms with Gasteiger partial charge in [-0.25, -0.2) is 9.97 Å². The van der Waals surface area contributed by atoms with E-state index in [-0.39, 0.29) is 0 Å². The van der Waals surface area contributed by atoms with Crippen LogP contribution >= 0.6 is 11.6 Å². The fraction of sp³-hybridized carbons (Fsp3) is 0.308. The van der Waals surface area contributed by atoms with Crippen molar-refractivity contribution in [2.45, 2.75) is 25.3 Å². The molecule has 1 aromatic carbocycles. The van der Waals surface area contributed by atoms with Gasteiger partial charge in [-0.1, -0.05) is 11.6 Å². The highest BCUT2D eigenvalue weighted by molar-refractivity contribution is 6.32. The van der Waals surface area contributed by atoms with Gasteiger partial charge in [-0.05, 0) is 37.5 Å². The third-order valence-electron chi connectivity index (χ3n) is 3.20. The van der Waals surface area contributed by atoms with Crippen LogP contribution in [0.2, 0.25) is 5.15 Å². The summed E-state index contributed by atoms with van der Waals surface area (Å²) >= 11 is 6.10. The molecule has 90 valence electrons. The van der Waals surface area contributed by atoms with Crippen molar-refractivity contribution in [1.82, 2.24) is 9.97 Å². The Morgan fingerprint density at radius 2 is 2.11 bits per heavy atom. The SMILES string of the molecule is N#Cc1ccc2nc(NC3CCC3)c(Cl)nc2c1. The molecule has 3 rings (SSSR count). The molecule has 1 aliphatic rings. The first-order valence-corrected chi connectivity index (χ1v) is 6.28. The van der Waals surface area contributed by atoms with Gasteiger partial charge in [0.1, 0.15) is 0 Å². The second-order valence-corrected chi connectivity index (χ2v) is 4.81. The zero-order valence-corrected chi connectivity index (χ0v) is 10.4. The molecule has 1 saturated carbocycles. The highest BCUT2D eigenvalue weighted by atomic mass is 35.5. The number of halogens is 1. The van der Waals surface area contributed by atoms with Gasteiger partial charge in [0.2, 0.25) is 0 Å². The Balaban J connectivity index is 2.01. The lowest BCUT2D eigenvalue weighted by Gasteiger charge is -2.27. The van der Waals surface area contributed by atoms with Crippen LogP contribution in [0.5, 0.6) is 0 Å². The van der Waals surface area contributed by atoms with Crippen molar-refractivity contribution in [3.8, 4) is 6.07 Å². The second-order valence-electron chi connectivity index (χ2n) is 4.45. The molecule has 0 spiro atoms. The van der Waals surface area contributed by atoms with Gasteiger partial charge in [0.25, 0.3) is 0 Å². The summed E-state index contributed by atoms with van der Waals surface area (Å²) in [5, 5.41) is 12.5. The molecular weight excluding hydrogens is 248 g/mol. The first kappa shape index (κ1) is 11.2. The van der Waals surface area contributed by atoms with E-state index in [0.29, 0.717) is 28.1 Å². The summed E-state index contributed by atoms with van der Waals surface area (Å²) in [4.78, 5) is 8.74. The molecule has 0 saturated heterocycles. The van der Waals surface area contributed by atoms with Gasteiger partial charge >= 0.3 is 0 Å². The predicted molar refractivity (Wildman–Crippen MR) is 70.5 cm³/mol. The van der Waals surface area contributed by atoms with Crippen molar-refractivity contribution in [2.75, 3.05) is 5.32 Å². The average molecular weight is 259 g/mol. The lowest BCUT2D eigenvalue weighted by molar-refractivity contribution is 0.444. The number of hydrogen-bond acceptors (Lipinski definition) is 4. The highest BCUT2D eigenvalue weighted by Gasteiger charge is 2.19. The summed E-state index contributed by atoms with van der Waals surface area (Å²) in [6.07, 6.45) is 3.56. The highest BCUT2D eigenvalue weighted by Crippen LogP contribution is 2.27. The van der Waals surface area contributed by atoms with Crippen molar-refractivity contribution in [2.24, 2.45) is 0 Å². The van der Waals surface area contributed by atoms with Crippen molar-refractivity contribution >= 4 is 28.5 Å². The Bertz CT molecular complexity index is 643. The Morgan fingerprint density at radius 1 is 1.28 bits per heavy atom. The van der Waals surface area contributed by atoms with Crippen LogP contribution in [0, 0.1) is 11.3 Å². The molecule has 0 aliphatic heterocycles. The van der Waals surface area contributed by atoms with Crippen LogP contribution in [0.15, 0.2) is 18.2 Å². The summed E-state index contributed by atoms with van der Waals surface area (Å²) in [6, 6.07) is 7.77. The second kappa shape index (κ2) is 4.43. The fourth-order valence-corrected chi connectivity index (χ4v) is 2.13. The van der Waals surface area contributed by atoms with Gasteiger partial charge in [-0.3, -0.25) is 0 Å². The maximum atomic E-state index is 8.84. The Morgan fingerprint density at radius 3 is 2.78 bits per heavy atom. The number of fused-ring (bicyclic) bond motifs is 1. The van der Waals surface area contributed by atoms with Crippen LogP contribution in [0.4, 0.5) is 5.82 Å². The Labute approximate surface area is 110 Å². The molecule has 0 radical (unpaired) electrons. The lowest BCUT2D eigenvalue weighted by atomic mass is 9.93. The Hall–Kier alpha value is -1.86. The molecular formula is C13H11ClN4. The topological polar surface area (TPSA) is 61.6 Å². The zero-order valence-electron chi connectivity index (χ0n) is 9.65. The van der Waals surface area contributed by atoms with Gasteiger partial charge in [-0.2, -0.15) is 5.26 Å². The molecule has 1 fully saturated rings. The van der Waals surface area contributed by atoms with Crippen LogP contribution in [-0.4, -0.2) is 16.0 Å². The quantitative estimate of drug-likeness (QED) is 0.899. The number of nitriles is 1. The van der Waals surface area contributed by atoms with Crippen molar-refractivity contribution < 1.29 is 0 Å². The van der Waals surface area contributed by atoms with Crippen molar-refractivity contribution in [1.29, 1.82) is 5.26 Å². The summed E-state index contributed by atoms with van der Waals surface area (Å²) < 4.78 is 0. The summed E-state index contributed by atoms with van der Waals surface area (Å²) in [5.74, 6) is 0.638. The van der Waals surface area contributed by atoms with Crippen LogP contribution in [-0.2, 0) is 0 Å². The van der Waals surface area contributed by atoms with E-state index in [1.54, 1.807) is 18.2 Å². The minimum absolute atomic E-state index is 0.365. The average Bonchev–Trinajstić information content (AvgIpc) is 2.33. The largest absolute Gasteiger partial charge is 0.365 e. The monoisotopic (exact) mass is 258 g/mol. The maximum Gasteiger partial charge on any atom is 0.172 e. The van der Waals surface area contributed by atoms with Crippen LogP contribution in [0.25, 0.3) is 11.0 Å². The molecule has 1 aliphatic carbocycles. The molecule has 0 unspecified atom stereocenters. The molecule has 0 amide bonds. The summed E-state index contributed by atoms with van der Waals surface area (Å²) in [6.45, 7) is 0. The van der Waals surface area contributed by atoms with Gasteiger partial charge in [0, 0.05) is 6.04 Å². The third-order valence-corrected chi connectivity index (χ3v) is 3.46. The van der Waals surface area contributed by atoms with E-state index < -0.39 is 0 Å². The molecule has 18 heavy (non-hydrogen) atoms. The molecule has 0 bridgehead atoms. The summed E-state index contributed by atoms with van der Waals surface area (Å²) in [7, 11) is 0. The van der Waals surface area contributed by atoms with E-state index in [0.717, 1.165) is 18.4 Å². The maximum absolute atomic E-state index is 8.84. The number of benzene rings is 1. The van der Waals surface area contributed by atoms with E-state index in [1.165, 1.54) is 6.42 Å². The number of aromatic nitrogens is 2. The molecule has 1 aromatic heterocycles. The van der Waals surface area contributed by atoms with E-state index in [2.05, 4.69) is 21.4 Å². The van der Waals surface area contributed by atoms with E-state index in [9.17, 15) is 0 Å². The molecule has 1 N–H and O–H groups in total. The van der Waals surface area contributed by atoms with E-state index in [4.69, 9.17) is 16.9 Å². The fourth-order valence-electron chi connectivity index (χ4n) is 1.94. The normalized spacial score (nSPS) is 15.1. The molecule has 2 aromatic rings. The van der Waals surface area contributed by atoms with Gasteiger partial charge < -0.3 is 5.32 Å². The van der Waals surface area contributed by atoms with Crippen molar-refractivity contribution in [3.05, 3.63) is 28.9 Å². The molecule has 4 nitrogen and oxygen atoms in total. The lowest BCUT2D eigenvalue weighted by Crippen LogP contribution is -2.27. The predicted octanol–water partition coefficient (Wildman–Crippen LogP) is 3.12.